The van der Waals surface area contributed by atoms with E-state index in [0.29, 0.717) is 13.1 Å². The zero-order valence-electron chi connectivity index (χ0n) is 18.3. The SMILES string of the molecule is CCCCN1C(=O)C[C@@H](C(=O)NCCCN2CCOCC2)[C@@H]1c1ccc(OC)cc1. The van der Waals surface area contributed by atoms with Gasteiger partial charge in [-0.15, -0.1) is 0 Å². The number of carbonyl (C=O) groups is 2. The quantitative estimate of drug-likeness (QED) is 0.591. The summed E-state index contributed by atoms with van der Waals surface area (Å²) in [5.74, 6) is 0.460. The van der Waals surface area contributed by atoms with Gasteiger partial charge in [-0.3, -0.25) is 14.5 Å². The molecule has 2 heterocycles. The first-order chi connectivity index (χ1) is 14.6. The van der Waals surface area contributed by atoms with E-state index in [1.807, 2.05) is 29.2 Å². The first-order valence-corrected chi connectivity index (χ1v) is 11.1. The lowest BCUT2D eigenvalue weighted by atomic mass is 9.92. The number of nitrogens with one attached hydrogen (secondary N) is 1. The van der Waals surface area contributed by atoms with Gasteiger partial charge in [-0.2, -0.15) is 0 Å². The van der Waals surface area contributed by atoms with E-state index in [1.54, 1.807) is 7.11 Å². The Morgan fingerprint density at radius 1 is 1.17 bits per heavy atom. The highest BCUT2D eigenvalue weighted by Crippen LogP contribution is 2.39. The zero-order chi connectivity index (χ0) is 21.3. The maximum atomic E-state index is 13.0. The number of hydrogen-bond acceptors (Lipinski definition) is 5. The van der Waals surface area contributed by atoms with Crippen molar-refractivity contribution in [3.8, 4) is 5.75 Å². The summed E-state index contributed by atoms with van der Waals surface area (Å²) in [5, 5.41) is 3.08. The normalized spacial score (nSPS) is 22.3. The van der Waals surface area contributed by atoms with Crippen LogP contribution in [-0.2, 0) is 14.3 Å². The molecule has 3 rings (SSSR count). The van der Waals surface area contributed by atoms with Crippen molar-refractivity contribution < 1.29 is 19.1 Å². The lowest BCUT2D eigenvalue weighted by Gasteiger charge is -2.29. The number of carbonyl (C=O) groups excluding carboxylic acids is 2. The monoisotopic (exact) mass is 417 g/mol. The summed E-state index contributed by atoms with van der Waals surface area (Å²) in [4.78, 5) is 30.0. The maximum Gasteiger partial charge on any atom is 0.226 e. The molecule has 0 spiro atoms. The highest BCUT2D eigenvalue weighted by molar-refractivity contribution is 5.90. The van der Waals surface area contributed by atoms with Crippen molar-refractivity contribution in [1.29, 1.82) is 0 Å². The minimum atomic E-state index is -0.355. The van der Waals surface area contributed by atoms with Crippen LogP contribution in [0, 0.1) is 5.92 Å². The van der Waals surface area contributed by atoms with Crippen molar-refractivity contribution in [3.63, 3.8) is 0 Å². The lowest BCUT2D eigenvalue weighted by Crippen LogP contribution is -2.39. The van der Waals surface area contributed by atoms with Gasteiger partial charge in [0.05, 0.1) is 32.3 Å². The van der Waals surface area contributed by atoms with E-state index in [4.69, 9.17) is 9.47 Å². The van der Waals surface area contributed by atoms with E-state index >= 15 is 0 Å². The molecule has 2 aliphatic heterocycles. The Morgan fingerprint density at radius 2 is 1.90 bits per heavy atom. The van der Waals surface area contributed by atoms with Crippen LogP contribution in [0.4, 0.5) is 0 Å². The van der Waals surface area contributed by atoms with E-state index < -0.39 is 0 Å². The Bertz CT molecular complexity index is 688. The fourth-order valence-corrected chi connectivity index (χ4v) is 4.30. The number of hydrogen-bond donors (Lipinski definition) is 1. The van der Waals surface area contributed by atoms with Crippen LogP contribution in [0.2, 0.25) is 0 Å². The second-order valence-corrected chi connectivity index (χ2v) is 8.07. The average molecular weight is 418 g/mol. The molecule has 2 saturated heterocycles. The first-order valence-electron chi connectivity index (χ1n) is 11.1. The number of methoxy groups -OCH3 is 1. The summed E-state index contributed by atoms with van der Waals surface area (Å²) in [6.45, 7) is 7.87. The standard InChI is InChI=1S/C23H35N3O4/c1-3-4-12-26-21(27)17-20(22(26)18-6-8-19(29-2)9-7-18)23(28)24-10-5-11-25-13-15-30-16-14-25/h6-9,20,22H,3-5,10-17H2,1-2H3,(H,24,28)/t20-,22+/m1/s1. The van der Waals surface area contributed by atoms with Crippen molar-refractivity contribution in [2.75, 3.05) is 53.0 Å². The number of rotatable bonds is 10. The zero-order valence-corrected chi connectivity index (χ0v) is 18.3. The van der Waals surface area contributed by atoms with Crippen molar-refractivity contribution in [2.24, 2.45) is 5.92 Å². The minimum Gasteiger partial charge on any atom is -0.497 e. The molecule has 30 heavy (non-hydrogen) atoms. The topological polar surface area (TPSA) is 71.1 Å². The predicted octanol–water partition coefficient (Wildman–Crippen LogP) is 2.22. The minimum absolute atomic E-state index is 0.0230. The summed E-state index contributed by atoms with van der Waals surface area (Å²) < 4.78 is 10.6. The molecular formula is C23H35N3O4. The number of morpholine rings is 1. The molecule has 0 unspecified atom stereocenters. The van der Waals surface area contributed by atoms with Crippen LogP contribution >= 0.6 is 0 Å². The molecule has 2 atom stereocenters. The third kappa shape index (κ3) is 5.73. The van der Waals surface area contributed by atoms with E-state index in [1.165, 1.54) is 0 Å². The molecule has 2 fully saturated rings. The number of benzene rings is 1. The second kappa shape index (κ2) is 11.3. The van der Waals surface area contributed by atoms with Crippen LogP contribution < -0.4 is 10.1 Å². The van der Waals surface area contributed by atoms with Crippen LogP contribution in [0.25, 0.3) is 0 Å². The maximum absolute atomic E-state index is 13.0. The molecule has 1 N–H and O–H groups in total. The molecule has 0 bridgehead atoms. The summed E-state index contributed by atoms with van der Waals surface area (Å²) in [5.41, 5.74) is 0.992. The predicted molar refractivity (Wildman–Crippen MR) is 115 cm³/mol. The third-order valence-corrected chi connectivity index (χ3v) is 6.03. The molecule has 2 aliphatic rings. The van der Waals surface area contributed by atoms with Crippen LogP contribution in [0.15, 0.2) is 24.3 Å². The smallest absolute Gasteiger partial charge is 0.226 e. The molecule has 0 aromatic heterocycles. The van der Waals surface area contributed by atoms with Crippen LogP contribution in [0.3, 0.4) is 0 Å². The molecular weight excluding hydrogens is 382 g/mol. The van der Waals surface area contributed by atoms with E-state index in [2.05, 4.69) is 17.1 Å². The van der Waals surface area contributed by atoms with Gasteiger partial charge in [0.1, 0.15) is 5.75 Å². The molecule has 0 radical (unpaired) electrons. The summed E-state index contributed by atoms with van der Waals surface area (Å²) in [6.07, 6.45) is 3.12. The van der Waals surface area contributed by atoms with Gasteiger partial charge in [0.15, 0.2) is 0 Å². The number of ether oxygens (including phenoxy) is 2. The Balaban J connectivity index is 1.62. The van der Waals surface area contributed by atoms with Gasteiger partial charge in [0.2, 0.25) is 11.8 Å². The van der Waals surface area contributed by atoms with Gasteiger partial charge in [0, 0.05) is 32.6 Å². The molecule has 2 amide bonds. The number of unbranched alkanes of at least 4 members (excludes halogenated alkanes) is 1. The van der Waals surface area contributed by atoms with Gasteiger partial charge in [0.25, 0.3) is 0 Å². The van der Waals surface area contributed by atoms with E-state index in [9.17, 15) is 9.59 Å². The summed E-state index contributed by atoms with van der Waals surface area (Å²) in [7, 11) is 1.63. The van der Waals surface area contributed by atoms with Crippen LogP contribution in [0.1, 0.15) is 44.2 Å². The second-order valence-electron chi connectivity index (χ2n) is 8.07. The van der Waals surface area contributed by atoms with Crippen molar-refractivity contribution in [2.45, 2.75) is 38.6 Å². The summed E-state index contributed by atoms with van der Waals surface area (Å²) >= 11 is 0. The highest BCUT2D eigenvalue weighted by Gasteiger charge is 2.44. The highest BCUT2D eigenvalue weighted by atomic mass is 16.5. The largest absolute Gasteiger partial charge is 0.497 e. The molecule has 7 heteroatoms. The van der Waals surface area contributed by atoms with Gasteiger partial charge in [-0.25, -0.2) is 0 Å². The average Bonchev–Trinajstić information content (AvgIpc) is 3.12. The molecule has 1 aromatic carbocycles. The fourth-order valence-electron chi connectivity index (χ4n) is 4.30. The van der Waals surface area contributed by atoms with Gasteiger partial charge < -0.3 is 19.7 Å². The molecule has 7 nitrogen and oxygen atoms in total. The number of nitrogens with zero attached hydrogens (tertiary/aromatic N) is 2. The Hall–Kier alpha value is -2.12. The van der Waals surface area contributed by atoms with Crippen molar-refractivity contribution in [3.05, 3.63) is 29.8 Å². The lowest BCUT2D eigenvalue weighted by molar-refractivity contribution is -0.129. The molecule has 166 valence electrons. The van der Waals surface area contributed by atoms with Crippen LogP contribution in [-0.4, -0.2) is 74.7 Å². The third-order valence-electron chi connectivity index (χ3n) is 6.03. The van der Waals surface area contributed by atoms with E-state index in [0.717, 1.165) is 63.4 Å². The van der Waals surface area contributed by atoms with Gasteiger partial charge in [-0.1, -0.05) is 25.5 Å². The Kier molecular flexibility index (Phi) is 8.51. The Labute approximate surface area is 179 Å². The van der Waals surface area contributed by atoms with Crippen molar-refractivity contribution in [1.82, 2.24) is 15.1 Å². The molecule has 1 aromatic rings. The van der Waals surface area contributed by atoms with Crippen LogP contribution in [0.5, 0.6) is 5.75 Å². The van der Waals surface area contributed by atoms with Gasteiger partial charge in [-0.05, 0) is 37.1 Å². The number of likely N-dealkylation sites (tertiary alicyclic amines) is 1. The summed E-state index contributed by atoms with van der Waals surface area (Å²) in [6, 6.07) is 7.52. The van der Waals surface area contributed by atoms with Crippen molar-refractivity contribution >= 4 is 11.8 Å². The molecule has 0 aliphatic carbocycles. The Morgan fingerprint density at radius 3 is 2.57 bits per heavy atom. The number of amides is 2. The molecule has 0 saturated carbocycles. The van der Waals surface area contributed by atoms with E-state index in [-0.39, 0.29) is 30.2 Å². The fraction of sp³-hybridized carbons (Fsp3) is 0.652. The van der Waals surface area contributed by atoms with Gasteiger partial charge >= 0.3 is 0 Å². The first kappa shape index (κ1) is 22.6.